The molecular formula is C13H10N6O. The molecule has 2 rings (SSSR count). The summed E-state index contributed by atoms with van der Waals surface area (Å²) in [5.74, 6) is 0.307. The van der Waals surface area contributed by atoms with Gasteiger partial charge in [0.05, 0.1) is 17.8 Å². The van der Waals surface area contributed by atoms with E-state index in [1.165, 1.54) is 10.9 Å². The van der Waals surface area contributed by atoms with E-state index in [-0.39, 0.29) is 5.56 Å². The molecular weight excluding hydrogens is 256 g/mol. The second-order valence-corrected chi connectivity index (χ2v) is 3.91. The quantitative estimate of drug-likeness (QED) is 0.864. The Labute approximate surface area is 115 Å². The van der Waals surface area contributed by atoms with E-state index in [2.05, 4.69) is 15.7 Å². The molecule has 0 aliphatic rings. The van der Waals surface area contributed by atoms with Crippen LogP contribution in [-0.2, 0) is 7.05 Å². The monoisotopic (exact) mass is 266 g/mol. The molecule has 0 fully saturated rings. The second-order valence-electron chi connectivity index (χ2n) is 3.91. The topological polar surface area (TPSA) is 107 Å². The molecule has 7 nitrogen and oxygen atoms in total. The lowest BCUT2D eigenvalue weighted by atomic mass is 10.2. The number of hydrogen-bond acceptors (Lipinski definition) is 4. The molecule has 20 heavy (non-hydrogen) atoms. The summed E-state index contributed by atoms with van der Waals surface area (Å²) in [7, 11) is 1.62. The summed E-state index contributed by atoms with van der Waals surface area (Å²) < 4.78 is 1.39. The van der Waals surface area contributed by atoms with Crippen LogP contribution in [0.25, 0.3) is 0 Å². The average Bonchev–Trinajstić information content (AvgIpc) is 2.79. The van der Waals surface area contributed by atoms with Gasteiger partial charge in [0.1, 0.15) is 17.5 Å². The highest BCUT2D eigenvalue weighted by Gasteiger charge is 2.11. The van der Waals surface area contributed by atoms with E-state index < -0.39 is 6.03 Å². The molecule has 0 bridgehead atoms. The van der Waals surface area contributed by atoms with Crippen molar-refractivity contribution >= 4 is 17.5 Å². The summed E-state index contributed by atoms with van der Waals surface area (Å²) in [6, 6.07) is 9.92. The van der Waals surface area contributed by atoms with Gasteiger partial charge in [0.15, 0.2) is 0 Å². The SMILES string of the molecule is Cn1ncc(C#N)c1NC(=O)Nc1cccc(C#N)c1. The number of nitriles is 2. The van der Waals surface area contributed by atoms with Gasteiger partial charge in [0.25, 0.3) is 0 Å². The highest BCUT2D eigenvalue weighted by Crippen LogP contribution is 2.14. The van der Waals surface area contributed by atoms with E-state index in [1.54, 1.807) is 31.3 Å². The number of hydrogen-bond donors (Lipinski definition) is 2. The van der Waals surface area contributed by atoms with Crippen molar-refractivity contribution in [2.75, 3.05) is 10.6 Å². The molecule has 0 aliphatic carbocycles. The van der Waals surface area contributed by atoms with Gasteiger partial charge in [-0.15, -0.1) is 0 Å². The van der Waals surface area contributed by atoms with E-state index in [4.69, 9.17) is 10.5 Å². The predicted molar refractivity (Wildman–Crippen MR) is 71.7 cm³/mol. The molecule has 1 aromatic heterocycles. The van der Waals surface area contributed by atoms with Crippen molar-refractivity contribution < 1.29 is 4.79 Å². The summed E-state index contributed by atoms with van der Waals surface area (Å²) in [6.07, 6.45) is 1.37. The van der Waals surface area contributed by atoms with Gasteiger partial charge in [-0.1, -0.05) is 6.07 Å². The van der Waals surface area contributed by atoms with Gasteiger partial charge in [-0.3, -0.25) is 10.00 Å². The fraction of sp³-hybridized carbons (Fsp3) is 0.0769. The molecule has 0 aliphatic heterocycles. The van der Waals surface area contributed by atoms with E-state index >= 15 is 0 Å². The van der Waals surface area contributed by atoms with Gasteiger partial charge in [-0.25, -0.2) is 4.79 Å². The Morgan fingerprint density at radius 3 is 2.80 bits per heavy atom. The fourth-order valence-electron chi connectivity index (χ4n) is 1.60. The number of rotatable bonds is 2. The number of carbonyl (C=O) groups is 1. The molecule has 0 saturated heterocycles. The van der Waals surface area contributed by atoms with Gasteiger partial charge in [0, 0.05) is 12.7 Å². The molecule has 0 unspecified atom stereocenters. The number of aromatic nitrogens is 2. The summed E-state index contributed by atoms with van der Waals surface area (Å²) in [5.41, 5.74) is 1.21. The molecule has 2 amide bonds. The molecule has 2 aromatic rings. The lowest BCUT2D eigenvalue weighted by molar-refractivity contribution is 0.262. The smallest absolute Gasteiger partial charge is 0.308 e. The molecule has 0 atom stereocenters. The number of nitrogens with zero attached hydrogens (tertiary/aromatic N) is 4. The summed E-state index contributed by atoms with van der Waals surface area (Å²) in [6.45, 7) is 0. The zero-order valence-corrected chi connectivity index (χ0v) is 10.6. The number of aryl methyl sites for hydroxylation is 1. The highest BCUT2D eigenvalue weighted by atomic mass is 16.2. The zero-order valence-electron chi connectivity index (χ0n) is 10.6. The van der Waals surface area contributed by atoms with Crippen molar-refractivity contribution in [2.45, 2.75) is 0 Å². The Kier molecular flexibility index (Phi) is 3.64. The van der Waals surface area contributed by atoms with Gasteiger partial charge >= 0.3 is 6.03 Å². The standard InChI is InChI=1S/C13H10N6O/c1-19-12(10(7-15)8-16-19)18-13(20)17-11-4-2-3-9(5-11)6-14/h2-5,8H,1H3,(H2,17,18,20). The maximum Gasteiger partial charge on any atom is 0.324 e. The van der Waals surface area contributed by atoms with Crippen LogP contribution in [0.1, 0.15) is 11.1 Å². The van der Waals surface area contributed by atoms with Crippen LogP contribution in [0, 0.1) is 22.7 Å². The molecule has 1 aromatic carbocycles. The van der Waals surface area contributed by atoms with Crippen LogP contribution in [0.4, 0.5) is 16.3 Å². The number of amides is 2. The zero-order chi connectivity index (χ0) is 14.5. The highest BCUT2D eigenvalue weighted by molar-refractivity contribution is 6.00. The first-order chi connectivity index (χ1) is 9.63. The maximum atomic E-state index is 11.8. The molecule has 0 radical (unpaired) electrons. The minimum atomic E-state index is -0.514. The maximum absolute atomic E-state index is 11.8. The third kappa shape index (κ3) is 2.74. The average molecular weight is 266 g/mol. The summed E-state index contributed by atoms with van der Waals surface area (Å²) in [5, 5.41) is 26.7. The van der Waals surface area contributed by atoms with E-state index in [9.17, 15) is 4.79 Å². The molecule has 98 valence electrons. The third-order valence-corrected chi connectivity index (χ3v) is 2.54. The number of urea groups is 1. The lowest BCUT2D eigenvalue weighted by Crippen LogP contribution is -2.21. The number of nitrogens with one attached hydrogen (secondary N) is 2. The van der Waals surface area contributed by atoms with Gasteiger partial charge < -0.3 is 5.32 Å². The molecule has 0 saturated carbocycles. The van der Waals surface area contributed by atoms with Crippen LogP contribution < -0.4 is 10.6 Å². The van der Waals surface area contributed by atoms with E-state index in [1.807, 2.05) is 12.1 Å². The van der Waals surface area contributed by atoms with Gasteiger partial charge in [-0.05, 0) is 18.2 Å². The van der Waals surface area contributed by atoms with Crippen molar-refractivity contribution in [3.63, 3.8) is 0 Å². The van der Waals surface area contributed by atoms with Crippen LogP contribution in [0.2, 0.25) is 0 Å². The Hall–Kier alpha value is -3.32. The van der Waals surface area contributed by atoms with Gasteiger partial charge in [-0.2, -0.15) is 15.6 Å². The number of carbonyl (C=O) groups excluding carboxylic acids is 1. The molecule has 7 heteroatoms. The Bertz CT molecular complexity index is 734. The Morgan fingerprint density at radius 1 is 1.30 bits per heavy atom. The largest absolute Gasteiger partial charge is 0.324 e. The van der Waals surface area contributed by atoms with Crippen molar-refractivity contribution in [2.24, 2.45) is 7.05 Å². The summed E-state index contributed by atoms with van der Waals surface area (Å²) >= 11 is 0. The summed E-state index contributed by atoms with van der Waals surface area (Å²) in [4.78, 5) is 11.8. The first-order valence-corrected chi connectivity index (χ1v) is 5.64. The second kappa shape index (κ2) is 5.55. The first kappa shape index (κ1) is 13.1. The molecule has 0 spiro atoms. The van der Waals surface area contributed by atoms with E-state index in [0.717, 1.165) is 0 Å². The fourth-order valence-corrected chi connectivity index (χ4v) is 1.60. The van der Waals surface area contributed by atoms with Crippen molar-refractivity contribution in [1.82, 2.24) is 9.78 Å². The van der Waals surface area contributed by atoms with Crippen LogP contribution >= 0.6 is 0 Å². The molecule has 1 heterocycles. The van der Waals surface area contributed by atoms with Crippen LogP contribution in [0.15, 0.2) is 30.5 Å². The Morgan fingerprint density at radius 2 is 2.10 bits per heavy atom. The number of anilines is 2. The predicted octanol–water partition coefficient (Wildman–Crippen LogP) is 1.81. The van der Waals surface area contributed by atoms with Crippen LogP contribution in [0.3, 0.4) is 0 Å². The van der Waals surface area contributed by atoms with Crippen molar-refractivity contribution in [1.29, 1.82) is 10.5 Å². The van der Waals surface area contributed by atoms with E-state index in [0.29, 0.717) is 17.1 Å². The van der Waals surface area contributed by atoms with Crippen LogP contribution in [-0.4, -0.2) is 15.8 Å². The normalized spacial score (nSPS) is 9.35. The molecule has 2 N–H and O–H groups in total. The van der Waals surface area contributed by atoms with Crippen LogP contribution in [0.5, 0.6) is 0 Å². The first-order valence-electron chi connectivity index (χ1n) is 5.64. The minimum absolute atomic E-state index is 0.272. The Balaban J connectivity index is 2.12. The lowest BCUT2D eigenvalue weighted by Gasteiger charge is -2.08. The number of benzene rings is 1. The third-order valence-electron chi connectivity index (χ3n) is 2.54. The minimum Gasteiger partial charge on any atom is -0.308 e. The van der Waals surface area contributed by atoms with Crippen molar-refractivity contribution in [3.05, 3.63) is 41.6 Å². The van der Waals surface area contributed by atoms with Gasteiger partial charge in [0.2, 0.25) is 0 Å². The van der Waals surface area contributed by atoms with Crippen molar-refractivity contribution in [3.8, 4) is 12.1 Å².